The van der Waals surface area contributed by atoms with Gasteiger partial charge in [0.1, 0.15) is 0 Å². The monoisotopic (exact) mass is 348 g/mol. The van der Waals surface area contributed by atoms with Crippen LogP contribution in [0.2, 0.25) is 0 Å². The van der Waals surface area contributed by atoms with Crippen molar-refractivity contribution in [3.63, 3.8) is 0 Å². The molecule has 0 aromatic heterocycles. The molecule has 0 unspecified atom stereocenters. The molecule has 0 saturated heterocycles. The zero-order chi connectivity index (χ0) is 18.6. The van der Waals surface area contributed by atoms with Crippen molar-refractivity contribution in [3.05, 3.63) is 84.4 Å². The molecule has 1 heteroatoms. The van der Waals surface area contributed by atoms with E-state index in [1.54, 1.807) is 0 Å². The number of hydrogen-bond donors (Lipinski definition) is 1. The number of aliphatic hydroxyl groups is 1. The van der Waals surface area contributed by atoms with Gasteiger partial charge in [0.05, 0.1) is 6.10 Å². The van der Waals surface area contributed by atoms with E-state index in [1.165, 1.54) is 30.4 Å². The third-order valence-corrected chi connectivity index (χ3v) is 6.57. The Bertz CT molecular complexity index is 668. The Labute approximate surface area is 158 Å². The van der Waals surface area contributed by atoms with Crippen molar-refractivity contribution in [1.82, 2.24) is 0 Å². The second kappa shape index (κ2) is 7.80. The summed E-state index contributed by atoms with van der Waals surface area (Å²) in [5, 5.41) is 11.7. The van der Waals surface area contributed by atoms with E-state index in [0.717, 1.165) is 12.8 Å². The normalized spacial score (nSPS) is 25.8. The van der Waals surface area contributed by atoms with Gasteiger partial charge in [0.25, 0.3) is 0 Å². The summed E-state index contributed by atoms with van der Waals surface area (Å²) in [6.07, 6.45) is 7.18. The Morgan fingerprint density at radius 3 is 2.04 bits per heavy atom. The van der Waals surface area contributed by atoms with Crippen LogP contribution in [0.1, 0.15) is 63.0 Å². The highest BCUT2D eigenvalue weighted by Crippen LogP contribution is 2.71. The first-order chi connectivity index (χ1) is 12.6. The standard InChI is InChI=1S/C25H32O/c1-4-6-18-24(3)19-25(24,17-5-2)23(26)22(20-13-9-7-10-14-20)21-15-11-8-12-16-21/h5,7-16,22-23,26H,2,4,6,17-19H2,1,3H3/t23-,24+,25-/m1/s1. The van der Waals surface area contributed by atoms with Crippen LogP contribution < -0.4 is 0 Å². The molecule has 1 nitrogen and oxygen atoms in total. The fraction of sp³-hybridized carbons (Fsp3) is 0.440. The zero-order valence-corrected chi connectivity index (χ0v) is 16.2. The van der Waals surface area contributed by atoms with Crippen molar-refractivity contribution in [2.45, 2.75) is 58.0 Å². The summed E-state index contributed by atoms with van der Waals surface area (Å²) in [5.41, 5.74) is 2.53. The topological polar surface area (TPSA) is 20.2 Å². The lowest BCUT2D eigenvalue weighted by Gasteiger charge is -2.34. The third kappa shape index (κ3) is 3.38. The molecule has 1 saturated carbocycles. The van der Waals surface area contributed by atoms with E-state index in [0.29, 0.717) is 0 Å². The fourth-order valence-corrected chi connectivity index (χ4v) is 4.91. The summed E-state index contributed by atoms with van der Waals surface area (Å²) >= 11 is 0. The van der Waals surface area contributed by atoms with Gasteiger partial charge in [0.2, 0.25) is 0 Å². The Morgan fingerprint density at radius 1 is 1.04 bits per heavy atom. The van der Waals surface area contributed by atoms with E-state index in [2.05, 4.69) is 69.0 Å². The molecule has 1 N–H and O–H groups in total. The summed E-state index contributed by atoms with van der Waals surface area (Å²) in [4.78, 5) is 0. The Kier molecular flexibility index (Phi) is 5.67. The maximum Gasteiger partial charge on any atom is 0.0713 e. The van der Waals surface area contributed by atoms with Crippen LogP contribution in [0.3, 0.4) is 0 Å². The van der Waals surface area contributed by atoms with Gasteiger partial charge in [-0.25, -0.2) is 0 Å². The van der Waals surface area contributed by atoms with Crippen molar-refractivity contribution in [2.24, 2.45) is 10.8 Å². The van der Waals surface area contributed by atoms with Crippen LogP contribution in [0.15, 0.2) is 73.3 Å². The van der Waals surface area contributed by atoms with Gasteiger partial charge in [-0.2, -0.15) is 0 Å². The molecule has 2 aromatic rings. The van der Waals surface area contributed by atoms with Gasteiger partial charge in [-0.05, 0) is 35.8 Å². The van der Waals surface area contributed by atoms with Gasteiger partial charge >= 0.3 is 0 Å². The van der Waals surface area contributed by atoms with Crippen molar-refractivity contribution in [2.75, 3.05) is 0 Å². The number of rotatable bonds is 9. The highest BCUT2D eigenvalue weighted by Gasteiger charge is 2.67. The van der Waals surface area contributed by atoms with Crippen LogP contribution in [0, 0.1) is 10.8 Å². The second-order valence-corrected chi connectivity index (χ2v) is 8.23. The molecule has 0 heterocycles. The molecular formula is C25H32O. The molecular weight excluding hydrogens is 316 g/mol. The first kappa shape index (κ1) is 18.9. The number of unbranched alkanes of at least 4 members (excludes halogenated alkanes) is 1. The summed E-state index contributed by atoms with van der Waals surface area (Å²) in [6, 6.07) is 21.0. The van der Waals surface area contributed by atoms with Crippen LogP contribution in [-0.2, 0) is 0 Å². The Hall–Kier alpha value is -1.86. The second-order valence-electron chi connectivity index (χ2n) is 8.23. The molecule has 3 atom stereocenters. The highest BCUT2D eigenvalue weighted by atomic mass is 16.3. The predicted octanol–water partition coefficient (Wildman–Crippen LogP) is 6.34. The lowest BCUT2D eigenvalue weighted by Crippen LogP contribution is -2.33. The van der Waals surface area contributed by atoms with Crippen molar-refractivity contribution in [1.29, 1.82) is 0 Å². The molecule has 1 fully saturated rings. The van der Waals surface area contributed by atoms with E-state index in [1.807, 2.05) is 18.2 Å². The summed E-state index contributed by atoms with van der Waals surface area (Å²) in [7, 11) is 0. The van der Waals surface area contributed by atoms with Crippen LogP contribution in [0.4, 0.5) is 0 Å². The maximum atomic E-state index is 11.7. The lowest BCUT2D eigenvalue weighted by atomic mass is 9.73. The highest BCUT2D eigenvalue weighted by molar-refractivity contribution is 5.36. The van der Waals surface area contributed by atoms with Gasteiger partial charge in [0.15, 0.2) is 0 Å². The van der Waals surface area contributed by atoms with Crippen LogP contribution in [0.5, 0.6) is 0 Å². The third-order valence-electron chi connectivity index (χ3n) is 6.57. The van der Waals surface area contributed by atoms with E-state index in [-0.39, 0.29) is 16.7 Å². The lowest BCUT2D eigenvalue weighted by molar-refractivity contribution is 0.0522. The Morgan fingerprint density at radius 2 is 1.58 bits per heavy atom. The minimum absolute atomic E-state index is 0.000742. The first-order valence-electron chi connectivity index (χ1n) is 9.97. The van der Waals surface area contributed by atoms with Gasteiger partial charge in [-0.1, -0.05) is 93.4 Å². The maximum absolute atomic E-state index is 11.7. The van der Waals surface area contributed by atoms with Crippen molar-refractivity contribution < 1.29 is 5.11 Å². The molecule has 0 radical (unpaired) electrons. The Balaban J connectivity index is 1.99. The fourth-order valence-electron chi connectivity index (χ4n) is 4.91. The molecule has 1 aliphatic rings. The molecule has 0 aliphatic heterocycles. The molecule has 0 amide bonds. The van der Waals surface area contributed by atoms with Gasteiger partial charge in [-0.3, -0.25) is 0 Å². The van der Waals surface area contributed by atoms with Gasteiger partial charge in [-0.15, -0.1) is 6.58 Å². The number of benzene rings is 2. The number of hydrogen-bond acceptors (Lipinski definition) is 1. The van der Waals surface area contributed by atoms with Gasteiger partial charge < -0.3 is 5.11 Å². The molecule has 0 spiro atoms. The number of aliphatic hydroxyl groups excluding tert-OH is 1. The van der Waals surface area contributed by atoms with Crippen molar-refractivity contribution >= 4 is 0 Å². The average Bonchev–Trinajstić information content (AvgIpc) is 3.28. The summed E-state index contributed by atoms with van der Waals surface area (Å²) in [5.74, 6) is 0.000742. The molecule has 1 aliphatic carbocycles. The largest absolute Gasteiger partial charge is 0.392 e. The quantitative estimate of drug-likeness (QED) is 0.524. The molecule has 0 bridgehead atoms. The van der Waals surface area contributed by atoms with Crippen LogP contribution in [0.25, 0.3) is 0 Å². The molecule has 26 heavy (non-hydrogen) atoms. The smallest absolute Gasteiger partial charge is 0.0713 e. The summed E-state index contributed by atoms with van der Waals surface area (Å²) < 4.78 is 0. The minimum Gasteiger partial charge on any atom is -0.392 e. The van der Waals surface area contributed by atoms with Crippen LogP contribution in [-0.4, -0.2) is 11.2 Å². The van der Waals surface area contributed by atoms with E-state index < -0.39 is 6.10 Å². The van der Waals surface area contributed by atoms with E-state index in [9.17, 15) is 5.11 Å². The van der Waals surface area contributed by atoms with E-state index in [4.69, 9.17) is 0 Å². The van der Waals surface area contributed by atoms with Crippen molar-refractivity contribution in [3.8, 4) is 0 Å². The van der Waals surface area contributed by atoms with Gasteiger partial charge in [0, 0.05) is 11.3 Å². The SMILES string of the molecule is C=CC[C@]1([C@H](O)C(c2ccccc2)c2ccccc2)C[C@]1(C)CCCC. The summed E-state index contributed by atoms with van der Waals surface area (Å²) in [6.45, 7) is 8.62. The molecule has 3 rings (SSSR count). The molecule has 2 aromatic carbocycles. The minimum atomic E-state index is -0.410. The van der Waals surface area contributed by atoms with Crippen LogP contribution >= 0.6 is 0 Å². The first-order valence-corrected chi connectivity index (χ1v) is 9.97. The zero-order valence-electron chi connectivity index (χ0n) is 16.2. The van der Waals surface area contributed by atoms with E-state index >= 15 is 0 Å². The number of allylic oxidation sites excluding steroid dienone is 1. The average molecular weight is 349 g/mol. The molecule has 138 valence electrons. The predicted molar refractivity (Wildman–Crippen MR) is 110 cm³/mol.